The molecular formula is C17H22N4O2. The summed E-state index contributed by atoms with van der Waals surface area (Å²) in [6.07, 6.45) is 3.79. The maximum Gasteiger partial charge on any atom is 0.301 e. The summed E-state index contributed by atoms with van der Waals surface area (Å²) in [4.78, 5) is 17.7. The zero-order chi connectivity index (χ0) is 16.2. The van der Waals surface area contributed by atoms with E-state index in [4.69, 9.17) is 0 Å². The van der Waals surface area contributed by atoms with E-state index in [1.165, 1.54) is 0 Å². The van der Waals surface area contributed by atoms with Crippen molar-refractivity contribution in [2.24, 2.45) is 5.92 Å². The monoisotopic (exact) mass is 314 g/mol. The van der Waals surface area contributed by atoms with Gasteiger partial charge in [0.1, 0.15) is 5.69 Å². The zero-order valence-electron chi connectivity index (χ0n) is 13.4. The van der Waals surface area contributed by atoms with Gasteiger partial charge in [0.2, 0.25) is 0 Å². The molecule has 6 heteroatoms. The lowest BCUT2D eigenvalue weighted by molar-refractivity contribution is -0.382. The molecule has 23 heavy (non-hydrogen) atoms. The number of benzene rings is 1. The number of nitro benzene ring substituents is 1. The first kappa shape index (κ1) is 15.7. The molecule has 0 radical (unpaired) electrons. The number of nitro groups is 1. The van der Waals surface area contributed by atoms with Gasteiger partial charge >= 0.3 is 5.69 Å². The number of fused-ring (bicyclic) bond motifs is 1. The highest BCUT2D eigenvalue weighted by atomic mass is 16.6. The van der Waals surface area contributed by atoms with Gasteiger partial charge in [0, 0.05) is 19.3 Å². The molecule has 1 aliphatic heterocycles. The van der Waals surface area contributed by atoms with Crippen molar-refractivity contribution in [3.05, 3.63) is 40.6 Å². The summed E-state index contributed by atoms with van der Waals surface area (Å²) in [6, 6.07) is 7.25. The van der Waals surface area contributed by atoms with Crippen molar-refractivity contribution in [1.82, 2.24) is 10.3 Å². The molecule has 1 fully saturated rings. The highest BCUT2D eigenvalue weighted by Gasteiger charge is 2.26. The SMILES string of the molecule is CCNCC1CCN(c2ccc3ncccc3c2[N+](=O)[O-])CC1. The first-order chi connectivity index (χ1) is 11.2. The van der Waals surface area contributed by atoms with Gasteiger partial charge in [-0.1, -0.05) is 6.92 Å². The van der Waals surface area contributed by atoms with Crippen LogP contribution in [0.3, 0.4) is 0 Å². The minimum Gasteiger partial charge on any atom is -0.366 e. The third kappa shape index (κ3) is 3.27. The van der Waals surface area contributed by atoms with E-state index in [-0.39, 0.29) is 10.6 Å². The van der Waals surface area contributed by atoms with Crippen molar-refractivity contribution in [3.63, 3.8) is 0 Å². The summed E-state index contributed by atoms with van der Waals surface area (Å²) in [6.45, 7) is 5.87. The quantitative estimate of drug-likeness (QED) is 0.678. The molecule has 2 heterocycles. The summed E-state index contributed by atoms with van der Waals surface area (Å²) < 4.78 is 0. The van der Waals surface area contributed by atoms with Gasteiger partial charge < -0.3 is 10.2 Å². The van der Waals surface area contributed by atoms with E-state index in [0.29, 0.717) is 16.8 Å². The maximum atomic E-state index is 11.6. The van der Waals surface area contributed by atoms with Crippen molar-refractivity contribution < 1.29 is 4.92 Å². The van der Waals surface area contributed by atoms with E-state index in [0.717, 1.165) is 44.7 Å². The van der Waals surface area contributed by atoms with Gasteiger partial charge in [-0.15, -0.1) is 0 Å². The second-order valence-corrected chi connectivity index (χ2v) is 6.00. The van der Waals surface area contributed by atoms with Gasteiger partial charge in [-0.2, -0.15) is 0 Å². The summed E-state index contributed by atoms with van der Waals surface area (Å²) in [5.74, 6) is 0.660. The van der Waals surface area contributed by atoms with Gasteiger partial charge in [-0.05, 0) is 56.1 Å². The number of pyridine rings is 1. The topological polar surface area (TPSA) is 71.3 Å². The number of hydrogen-bond acceptors (Lipinski definition) is 5. The number of hydrogen-bond donors (Lipinski definition) is 1. The molecule has 0 unspecified atom stereocenters. The molecule has 1 N–H and O–H groups in total. The largest absolute Gasteiger partial charge is 0.366 e. The lowest BCUT2D eigenvalue weighted by Gasteiger charge is -2.33. The molecule has 3 rings (SSSR count). The van der Waals surface area contributed by atoms with Crippen LogP contribution < -0.4 is 10.2 Å². The van der Waals surface area contributed by atoms with Crippen LogP contribution in [0.15, 0.2) is 30.5 Å². The van der Waals surface area contributed by atoms with E-state index in [1.54, 1.807) is 18.3 Å². The average molecular weight is 314 g/mol. The van der Waals surface area contributed by atoms with Gasteiger partial charge in [-0.25, -0.2) is 0 Å². The van der Waals surface area contributed by atoms with Crippen LogP contribution in [0.1, 0.15) is 19.8 Å². The molecular weight excluding hydrogens is 292 g/mol. The first-order valence-corrected chi connectivity index (χ1v) is 8.18. The second kappa shape index (κ2) is 6.91. The maximum absolute atomic E-state index is 11.6. The normalized spacial score (nSPS) is 16.0. The lowest BCUT2D eigenvalue weighted by atomic mass is 9.96. The first-order valence-electron chi connectivity index (χ1n) is 8.18. The Kier molecular flexibility index (Phi) is 4.71. The highest BCUT2D eigenvalue weighted by Crippen LogP contribution is 2.36. The van der Waals surface area contributed by atoms with Gasteiger partial charge in [0.15, 0.2) is 0 Å². The van der Waals surface area contributed by atoms with E-state index >= 15 is 0 Å². The van der Waals surface area contributed by atoms with Crippen molar-refractivity contribution in [1.29, 1.82) is 0 Å². The van der Waals surface area contributed by atoms with Crippen LogP contribution in [0.2, 0.25) is 0 Å². The van der Waals surface area contributed by atoms with E-state index in [9.17, 15) is 10.1 Å². The third-order valence-corrected chi connectivity index (χ3v) is 4.56. The van der Waals surface area contributed by atoms with Crippen molar-refractivity contribution in [2.45, 2.75) is 19.8 Å². The van der Waals surface area contributed by atoms with Crippen molar-refractivity contribution >= 4 is 22.3 Å². The molecule has 122 valence electrons. The predicted octanol–water partition coefficient (Wildman–Crippen LogP) is 2.97. The summed E-state index contributed by atoms with van der Waals surface area (Å²) in [5.41, 5.74) is 1.57. The van der Waals surface area contributed by atoms with E-state index in [1.807, 2.05) is 12.1 Å². The third-order valence-electron chi connectivity index (χ3n) is 4.56. The Morgan fingerprint density at radius 2 is 2.13 bits per heavy atom. The molecule has 0 atom stereocenters. The molecule has 1 aromatic heterocycles. The fraction of sp³-hybridized carbons (Fsp3) is 0.471. The summed E-state index contributed by atoms with van der Waals surface area (Å²) in [7, 11) is 0. The second-order valence-electron chi connectivity index (χ2n) is 6.00. The lowest BCUT2D eigenvalue weighted by Crippen LogP contribution is -2.37. The van der Waals surface area contributed by atoms with Gasteiger partial charge in [0.25, 0.3) is 0 Å². The van der Waals surface area contributed by atoms with E-state index < -0.39 is 0 Å². The zero-order valence-corrected chi connectivity index (χ0v) is 13.4. The van der Waals surface area contributed by atoms with Crippen LogP contribution in [-0.2, 0) is 0 Å². The van der Waals surface area contributed by atoms with Crippen molar-refractivity contribution in [2.75, 3.05) is 31.1 Å². The molecule has 0 amide bonds. The van der Waals surface area contributed by atoms with Crippen LogP contribution in [-0.4, -0.2) is 36.1 Å². The molecule has 1 saturated heterocycles. The predicted molar refractivity (Wildman–Crippen MR) is 91.9 cm³/mol. The average Bonchev–Trinajstić information content (AvgIpc) is 2.59. The fourth-order valence-electron chi connectivity index (χ4n) is 3.30. The molecule has 0 saturated carbocycles. The van der Waals surface area contributed by atoms with Crippen LogP contribution in [0.4, 0.5) is 11.4 Å². The Morgan fingerprint density at radius 3 is 2.83 bits per heavy atom. The van der Waals surface area contributed by atoms with Crippen LogP contribution >= 0.6 is 0 Å². The van der Waals surface area contributed by atoms with Crippen molar-refractivity contribution in [3.8, 4) is 0 Å². The number of nitrogens with zero attached hydrogens (tertiary/aromatic N) is 3. The Balaban J connectivity index is 1.86. The Labute approximate surface area is 135 Å². The van der Waals surface area contributed by atoms with Gasteiger partial charge in [-0.3, -0.25) is 15.1 Å². The minimum absolute atomic E-state index is 0.181. The molecule has 0 spiro atoms. The van der Waals surface area contributed by atoms with Gasteiger partial charge in [0.05, 0.1) is 15.8 Å². The fourth-order valence-corrected chi connectivity index (χ4v) is 3.30. The molecule has 1 aromatic carbocycles. The summed E-state index contributed by atoms with van der Waals surface area (Å²) >= 11 is 0. The number of anilines is 1. The molecule has 0 aliphatic carbocycles. The molecule has 2 aromatic rings. The summed E-state index contributed by atoms with van der Waals surface area (Å²) in [5, 5.41) is 15.6. The molecule has 0 bridgehead atoms. The van der Waals surface area contributed by atoms with Crippen LogP contribution in [0, 0.1) is 16.0 Å². The number of rotatable bonds is 5. The standard InChI is InChI=1S/C17H22N4O2/c1-2-18-12-13-7-10-20(11-8-13)16-6-5-15-14(4-3-9-19-15)17(16)21(22)23/h3-6,9,13,18H,2,7-8,10-12H2,1H3. The van der Waals surface area contributed by atoms with Crippen LogP contribution in [0.25, 0.3) is 10.9 Å². The highest BCUT2D eigenvalue weighted by molar-refractivity contribution is 5.94. The Bertz CT molecular complexity index is 696. The Hall–Kier alpha value is -2.21. The molecule has 6 nitrogen and oxygen atoms in total. The minimum atomic E-state index is -0.274. The Morgan fingerprint density at radius 1 is 1.35 bits per heavy atom. The molecule has 1 aliphatic rings. The number of nitrogens with one attached hydrogen (secondary N) is 1. The van der Waals surface area contributed by atoms with E-state index in [2.05, 4.69) is 22.1 Å². The number of aromatic nitrogens is 1. The number of piperidine rings is 1. The van der Waals surface area contributed by atoms with Crippen LogP contribution in [0.5, 0.6) is 0 Å². The smallest absolute Gasteiger partial charge is 0.301 e.